The van der Waals surface area contributed by atoms with E-state index >= 15 is 0 Å². The quantitative estimate of drug-likeness (QED) is 0.672. The highest BCUT2D eigenvalue weighted by Gasteiger charge is 2.32. The first-order chi connectivity index (χ1) is 11.1. The van der Waals surface area contributed by atoms with Gasteiger partial charge in [0.05, 0.1) is 16.7 Å². The van der Waals surface area contributed by atoms with Crippen LogP contribution in [0, 0.1) is 13.8 Å². The highest BCUT2D eigenvalue weighted by Crippen LogP contribution is 2.31. The number of aryl methyl sites for hydroxylation is 2. The van der Waals surface area contributed by atoms with Gasteiger partial charge in [0.25, 0.3) is 10.0 Å². The summed E-state index contributed by atoms with van der Waals surface area (Å²) in [4.78, 5) is 1.98. The van der Waals surface area contributed by atoms with Crippen molar-refractivity contribution in [3.63, 3.8) is 0 Å². The molecule has 0 fully saturated rings. The molecular formula is C16H15F3N2O2S. The third-order valence-electron chi connectivity index (χ3n) is 3.28. The molecule has 0 saturated carbocycles. The van der Waals surface area contributed by atoms with Crippen LogP contribution in [-0.4, -0.2) is 14.6 Å². The summed E-state index contributed by atoms with van der Waals surface area (Å²) >= 11 is 0. The smallest absolute Gasteiger partial charge is 0.200 e. The molecule has 0 aliphatic heterocycles. The Hall–Kier alpha value is -2.35. The Morgan fingerprint density at radius 3 is 2.42 bits per heavy atom. The topological polar surface area (TPSA) is 58.5 Å². The lowest BCUT2D eigenvalue weighted by atomic mass is 10.1. The highest BCUT2D eigenvalue weighted by molar-refractivity contribution is 7.89. The fourth-order valence-electron chi connectivity index (χ4n) is 2.08. The minimum Gasteiger partial charge on any atom is -0.200 e. The Bertz CT molecular complexity index is 875. The van der Waals surface area contributed by atoms with Crippen molar-refractivity contribution in [2.75, 3.05) is 0 Å². The molecule has 0 radical (unpaired) electrons. The van der Waals surface area contributed by atoms with Crippen LogP contribution in [0.4, 0.5) is 13.2 Å². The second kappa shape index (κ2) is 6.64. The minimum absolute atomic E-state index is 0.0313. The first kappa shape index (κ1) is 18.0. The third-order valence-corrected chi connectivity index (χ3v) is 4.64. The largest absolute Gasteiger partial charge is 0.417 e. The summed E-state index contributed by atoms with van der Waals surface area (Å²) in [7, 11) is -3.96. The summed E-state index contributed by atoms with van der Waals surface area (Å²) < 4.78 is 63.1. The minimum atomic E-state index is -4.55. The van der Waals surface area contributed by atoms with Crippen molar-refractivity contribution in [2.45, 2.75) is 24.9 Å². The van der Waals surface area contributed by atoms with E-state index in [-0.39, 0.29) is 10.5 Å². The lowest BCUT2D eigenvalue weighted by molar-refractivity contribution is -0.137. The Balaban J connectivity index is 2.28. The molecule has 0 spiro atoms. The van der Waals surface area contributed by atoms with Crippen LogP contribution in [-0.2, 0) is 16.2 Å². The van der Waals surface area contributed by atoms with E-state index in [1.165, 1.54) is 24.3 Å². The number of hydrogen-bond donors (Lipinski definition) is 1. The van der Waals surface area contributed by atoms with Gasteiger partial charge in [0, 0.05) is 5.56 Å². The SMILES string of the molecule is Cc1ccc(C)c(S(=O)(=O)NN=Cc2ccccc2C(F)(F)F)c1. The summed E-state index contributed by atoms with van der Waals surface area (Å²) in [5.41, 5.74) is 0.139. The van der Waals surface area contributed by atoms with Gasteiger partial charge in [0.1, 0.15) is 0 Å². The Labute approximate surface area is 138 Å². The van der Waals surface area contributed by atoms with E-state index in [2.05, 4.69) is 5.10 Å². The molecule has 24 heavy (non-hydrogen) atoms. The molecule has 0 aliphatic carbocycles. The van der Waals surface area contributed by atoms with Crippen molar-refractivity contribution >= 4 is 16.2 Å². The zero-order chi connectivity index (χ0) is 18.0. The number of rotatable bonds is 4. The van der Waals surface area contributed by atoms with Crippen molar-refractivity contribution in [1.82, 2.24) is 4.83 Å². The van der Waals surface area contributed by atoms with E-state index in [0.29, 0.717) is 5.56 Å². The van der Waals surface area contributed by atoms with Gasteiger partial charge in [-0.3, -0.25) is 0 Å². The number of nitrogens with zero attached hydrogens (tertiary/aromatic N) is 1. The van der Waals surface area contributed by atoms with Crippen LogP contribution < -0.4 is 4.83 Å². The Morgan fingerprint density at radius 1 is 1.08 bits per heavy atom. The predicted molar refractivity (Wildman–Crippen MR) is 85.3 cm³/mol. The lowest BCUT2D eigenvalue weighted by Gasteiger charge is -2.10. The molecule has 2 aromatic carbocycles. The van der Waals surface area contributed by atoms with Gasteiger partial charge in [-0.15, -0.1) is 0 Å². The molecule has 0 saturated heterocycles. The van der Waals surface area contributed by atoms with Crippen LogP contribution in [0.2, 0.25) is 0 Å². The summed E-state index contributed by atoms with van der Waals surface area (Å²) in [6, 6.07) is 9.65. The number of sulfonamides is 1. The van der Waals surface area contributed by atoms with Gasteiger partial charge in [0.15, 0.2) is 0 Å². The van der Waals surface area contributed by atoms with Gasteiger partial charge in [-0.2, -0.15) is 26.7 Å². The van der Waals surface area contributed by atoms with Crippen LogP contribution in [0.5, 0.6) is 0 Å². The maximum Gasteiger partial charge on any atom is 0.417 e. The first-order valence-electron chi connectivity index (χ1n) is 6.89. The number of nitrogens with one attached hydrogen (secondary N) is 1. The summed E-state index contributed by atoms with van der Waals surface area (Å²) in [6.45, 7) is 3.36. The van der Waals surface area contributed by atoms with E-state index in [4.69, 9.17) is 0 Å². The molecular weight excluding hydrogens is 341 g/mol. The number of benzene rings is 2. The highest BCUT2D eigenvalue weighted by atomic mass is 32.2. The third kappa shape index (κ3) is 4.14. The Kier molecular flexibility index (Phi) is 4.98. The average Bonchev–Trinajstić information content (AvgIpc) is 2.49. The van der Waals surface area contributed by atoms with E-state index in [1.54, 1.807) is 26.0 Å². The van der Waals surface area contributed by atoms with Crippen molar-refractivity contribution in [1.29, 1.82) is 0 Å². The molecule has 0 amide bonds. The molecule has 128 valence electrons. The van der Waals surface area contributed by atoms with Crippen molar-refractivity contribution in [3.05, 3.63) is 64.7 Å². The van der Waals surface area contributed by atoms with Crippen molar-refractivity contribution < 1.29 is 21.6 Å². The molecule has 0 heterocycles. The van der Waals surface area contributed by atoms with Gasteiger partial charge >= 0.3 is 6.18 Å². The maximum atomic E-state index is 12.9. The standard InChI is InChI=1S/C16H15F3N2O2S/c1-11-7-8-12(2)15(9-11)24(22,23)21-20-10-13-5-3-4-6-14(13)16(17,18)19/h3-10,21H,1-2H3. The number of hydrazone groups is 1. The molecule has 0 aromatic heterocycles. The van der Waals surface area contributed by atoms with E-state index in [0.717, 1.165) is 17.8 Å². The van der Waals surface area contributed by atoms with Crippen molar-refractivity contribution in [3.8, 4) is 0 Å². The number of hydrogen-bond acceptors (Lipinski definition) is 3. The monoisotopic (exact) mass is 356 g/mol. The zero-order valence-corrected chi connectivity index (χ0v) is 13.7. The molecule has 0 bridgehead atoms. The predicted octanol–water partition coefficient (Wildman–Crippen LogP) is 3.63. The summed E-state index contributed by atoms with van der Waals surface area (Å²) in [5.74, 6) is 0. The van der Waals surface area contributed by atoms with Crippen LogP contribution >= 0.6 is 0 Å². The molecule has 4 nitrogen and oxygen atoms in total. The molecule has 2 aromatic rings. The van der Waals surface area contributed by atoms with Crippen LogP contribution in [0.3, 0.4) is 0 Å². The van der Waals surface area contributed by atoms with Crippen LogP contribution in [0.15, 0.2) is 52.5 Å². The lowest BCUT2D eigenvalue weighted by Crippen LogP contribution is -2.20. The number of halogens is 3. The fourth-order valence-corrected chi connectivity index (χ4v) is 3.20. The van der Waals surface area contributed by atoms with E-state index < -0.39 is 21.8 Å². The second-order valence-corrected chi connectivity index (χ2v) is 6.84. The average molecular weight is 356 g/mol. The normalized spacial score (nSPS) is 12.5. The summed E-state index contributed by atoms with van der Waals surface area (Å²) in [5, 5.41) is 3.47. The van der Waals surface area contributed by atoms with Gasteiger partial charge in [-0.05, 0) is 37.1 Å². The maximum absolute atomic E-state index is 12.9. The zero-order valence-electron chi connectivity index (χ0n) is 12.9. The molecule has 8 heteroatoms. The first-order valence-corrected chi connectivity index (χ1v) is 8.38. The fraction of sp³-hybridized carbons (Fsp3) is 0.188. The van der Waals surface area contributed by atoms with Gasteiger partial charge in [-0.25, -0.2) is 4.83 Å². The van der Waals surface area contributed by atoms with Gasteiger partial charge in [-0.1, -0.05) is 30.3 Å². The molecule has 2 rings (SSSR count). The van der Waals surface area contributed by atoms with Crippen LogP contribution in [0.25, 0.3) is 0 Å². The second-order valence-electron chi connectivity index (χ2n) is 5.21. The molecule has 1 N–H and O–H groups in total. The molecule has 0 unspecified atom stereocenters. The van der Waals surface area contributed by atoms with E-state index in [9.17, 15) is 21.6 Å². The Morgan fingerprint density at radius 2 is 1.75 bits per heavy atom. The number of alkyl halides is 3. The molecule has 0 aliphatic rings. The summed E-state index contributed by atoms with van der Waals surface area (Å²) in [6.07, 6.45) is -3.71. The van der Waals surface area contributed by atoms with Crippen LogP contribution in [0.1, 0.15) is 22.3 Å². The molecule has 0 atom stereocenters. The van der Waals surface area contributed by atoms with Gasteiger partial charge in [0.2, 0.25) is 0 Å². The van der Waals surface area contributed by atoms with E-state index in [1.807, 2.05) is 4.83 Å². The van der Waals surface area contributed by atoms with Crippen molar-refractivity contribution in [2.24, 2.45) is 5.10 Å². The van der Waals surface area contributed by atoms with Gasteiger partial charge < -0.3 is 0 Å².